The molecule has 290 valence electrons. The molecule has 0 unspecified atom stereocenters. The topological polar surface area (TPSA) is 192 Å². The Morgan fingerprint density at radius 2 is 1.58 bits per heavy atom. The SMILES string of the molecule is CC[C@H]1OC(=O)[C@H](C)[C@@H](O[C@H]2C[C@@](C)(OC)[C@@H](O)[C@H](C)O2)[C@H](C)[C@@H](O[C@@H]2O[C@H](C)C[C@H](NC)[C@@H]2O)[C@](C)(OC)/C=C/C(=O)[C@H](C)[C@@H](O)[C@]1(C)O. The van der Waals surface area contributed by atoms with Crippen LogP contribution in [0.25, 0.3) is 0 Å². The van der Waals surface area contributed by atoms with Gasteiger partial charge >= 0.3 is 5.97 Å². The molecule has 3 aliphatic heterocycles. The van der Waals surface area contributed by atoms with Crippen LogP contribution >= 0.6 is 0 Å². The molecule has 0 saturated carbocycles. The number of carbonyl (C=O) groups excluding carboxylic acids is 2. The first kappa shape index (κ1) is 42.8. The monoisotopic (exact) mass is 717 g/mol. The Kier molecular flexibility index (Phi) is 14.6. The second kappa shape index (κ2) is 17.1. The first-order chi connectivity index (χ1) is 23.2. The number of hydrogen-bond acceptors (Lipinski definition) is 14. The zero-order chi connectivity index (χ0) is 37.9. The average molecular weight is 718 g/mol. The van der Waals surface area contributed by atoms with Crippen LogP contribution in [0.15, 0.2) is 12.2 Å². The summed E-state index contributed by atoms with van der Waals surface area (Å²) in [6.45, 7) is 15.0. The summed E-state index contributed by atoms with van der Waals surface area (Å²) in [5.74, 6) is -4.10. The summed E-state index contributed by atoms with van der Waals surface area (Å²) in [7, 11) is 4.67. The van der Waals surface area contributed by atoms with Gasteiger partial charge in [-0.3, -0.25) is 9.59 Å². The Balaban J connectivity index is 2.21. The molecule has 0 radical (unpaired) electrons. The smallest absolute Gasteiger partial charge is 0.311 e. The van der Waals surface area contributed by atoms with Gasteiger partial charge < -0.3 is 58.9 Å². The van der Waals surface area contributed by atoms with Crippen molar-refractivity contribution >= 4 is 11.8 Å². The second-order valence-electron chi connectivity index (χ2n) is 15.1. The molecule has 0 amide bonds. The molecule has 14 nitrogen and oxygen atoms in total. The van der Waals surface area contributed by atoms with Gasteiger partial charge in [-0.2, -0.15) is 0 Å². The van der Waals surface area contributed by atoms with E-state index in [9.17, 15) is 30.0 Å². The number of hydrogen-bond donors (Lipinski definition) is 5. The molecule has 3 aliphatic rings. The molecule has 0 bridgehead atoms. The van der Waals surface area contributed by atoms with E-state index in [1.54, 1.807) is 48.6 Å². The zero-order valence-corrected chi connectivity index (χ0v) is 31.8. The van der Waals surface area contributed by atoms with Crippen molar-refractivity contribution in [1.82, 2.24) is 5.32 Å². The van der Waals surface area contributed by atoms with Crippen molar-refractivity contribution < 1.29 is 63.2 Å². The van der Waals surface area contributed by atoms with Crippen molar-refractivity contribution in [3.05, 3.63) is 12.2 Å². The summed E-state index contributed by atoms with van der Waals surface area (Å²) in [4.78, 5) is 27.6. The third-order valence-corrected chi connectivity index (χ3v) is 11.3. The molecule has 0 aromatic rings. The van der Waals surface area contributed by atoms with E-state index in [2.05, 4.69) is 5.32 Å². The van der Waals surface area contributed by atoms with Gasteiger partial charge in [-0.15, -0.1) is 0 Å². The van der Waals surface area contributed by atoms with Gasteiger partial charge in [0.2, 0.25) is 0 Å². The van der Waals surface area contributed by atoms with E-state index in [0.717, 1.165) is 0 Å². The van der Waals surface area contributed by atoms with Crippen LogP contribution in [0.4, 0.5) is 0 Å². The minimum atomic E-state index is -1.98. The van der Waals surface area contributed by atoms with Gasteiger partial charge in [0.15, 0.2) is 18.4 Å². The molecular weight excluding hydrogens is 654 g/mol. The molecule has 0 spiro atoms. The number of allylic oxidation sites excluding steroid dienone is 1. The molecule has 3 rings (SSSR count). The zero-order valence-electron chi connectivity index (χ0n) is 31.8. The quantitative estimate of drug-likeness (QED) is 0.228. The normalized spacial score (nSPS) is 49.2. The number of methoxy groups -OCH3 is 2. The fourth-order valence-electron chi connectivity index (χ4n) is 7.55. The lowest BCUT2D eigenvalue weighted by Gasteiger charge is -2.48. The van der Waals surface area contributed by atoms with Crippen LogP contribution in [-0.2, 0) is 42.7 Å². The highest BCUT2D eigenvalue weighted by Crippen LogP contribution is 2.39. The third kappa shape index (κ3) is 8.96. The van der Waals surface area contributed by atoms with E-state index in [-0.39, 0.29) is 25.0 Å². The summed E-state index contributed by atoms with van der Waals surface area (Å²) in [6.07, 6.45) is -6.35. The van der Waals surface area contributed by atoms with Crippen molar-refractivity contribution in [3.63, 3.8) is 0 Å². The maximum atomic E-state index is 14.1. The summed E-state index contributed by atoms with van der Waals surface area (Å²) in [6, 6.07) is -0.346. The Bertz CT molecular complexity index is 1170. The molecule has 5 N–H and O–H groups in total. The summed E-state index contributed by atoms with van der Waals surface area (Å²) < 4.78 is 43.2. The molecule has 2 fully saturated rings. The number of carbonyl (C=O) groups is 2. The number of rotatable bonds is 8. The Labute approximate surface area is 297 Å². The van der Waals surface area contributed by atoms with E-state index in [0.29, 0.717) is 6.42 Å². The van der Waals surface area contributed by atoms with Gasteiger partial charge in [-0.05, 0) is 73.6 Å². The van der Waals surface area contributed by atoms with E-state index in [1.165, 1.54) is 40.2 Å². The molecule has 50 heavy (non-hydrogen) atoms. The third-order valence-electron chi connectivity index (χ3n) is 11.3. The maximum absolute atomic E-state index is 14.1. The van der Waals surface area contributed by atoms with Gasteiger partial charge in [0, 0.05) is 38.5 Å². The van der Waals surface area contributed by atoms with Crippen LogP contribution in [0.2, 0.25) is 0 Å². The van der Waals surface area contributed by atoms with Crippen LogP contribution in [0.5, 0.6) is 0 Å². The number of esters is 1. The number of cyclic esters (lactones) is 1. The van der Waals surface area contributed by atoms with E-state index < -0.39 is 102 Å². The molecular formula is C36H63NO13. The van der Waals surface area contributed by atoms with Crippen LogP contribution in [0.1, 0.15) is 81.6 Å². The van der Waals surface area contributed by atoms with E-state index >= 15 is 0 Å². The first-order valence-corrected chi connectivity index (χ1v) is 17.8. The van der Waals surface area contributed by atoms with Gasteiger partial charge in [0.25, 0.3) is 0 Å². The lowest BCUT2D eigenvalue weighted by atomic mass is 9.79. The van der Waals surface area contributed by atoms with E-state index in [1.807, 2.05) is 6.92 Å². The molecule has 2 saturated heterocycles. The summed E-state index contributed by atoms with van der Waals surface area (Å²) in [5.41, 5.74) is -4.42. The van der Waals surface area contributed by atoms with Crippen molar-refractivity contribution in [3.8, 4) is 0 Å². The van der Waals surface area contributed by atoms with Crippen LogP contribution in [0, 0.1) is 17.8 Å². The highest BCUT2D eigenvalue weighted by atomic mass is 16.7. The Morgan fingerprint density at radius 1 is 0.940 bits per heavy atom. The Morgan fingerprint density at radius 3 is 2.14 bits per heavy atom. The number of aliphatic hydroxyl groups excluding tert-OH is 3. The summed E-state index contributed by atoms with van der Waals surface area (Å²) in [5, 5.41) is 48.1. The highest BCUT2D eigenvalue weighted by molar-refractivity contribution is 5.92. The predicted octanol–water partition coefficient (Wildman–Crippen LogP) is 1.63. The van der Waals surface area contributed by atoms with Crippen molar-refractivity contribution in [2.75, 3.05) is 21.3 Å². The fraction of sp³-hybridized carbons (Fsp3) is 0.889. The standard InChI is InChI=1S/C36H63NO13/c1-13-25-36(9,43)29(40)19(3)24(38)14-15-34(7,44-11)31(50-33-27(39)23(37-10)16-18(2)46-33)20(4)28(21(5)32(42)48-25)49-26-17-35(8,45-12)30(41)22(6)47-26/h14-15,18-23,25-31,33,37,39-41,43H,13,16-17H2,1-12H3/b15-14+/t18-,19+,20+,21-,22+,23+,25-,26+,27+,28+,29-,30+,31-,33+,34-,35-,36-/m1/s1. The molecule has 14 heteroatoms. The van der Waals surface area contributed by atoms with Crippen molar-refractivity contribution in [2.24, 2.45) is 17.8 Å². The average Bonchev–Trinajstić information content (AvgIpc) is 3.08. The maximum Gasteiger partial charge on any atom is 0.311 e. The number of ether oxygens (including phenoxy) is 7. The predicted molar refractivity (Wildman–Crippen MR) is 182 cm³/mol. The van der Waals surface area contributed by atoms with Crippen molar-refractivity contribution in [1.29, 1.82) is 0 Å². The van der Waals surface area contributed by atoms with Crippen LogP contribution in [-0.4, -0.2) is 138 Å². The van der Waals surface area contributed by atoms with Gasteiger partial charge in [-0.25, -0.2) is 0 Å². The minimum Gasteiger partial charge on any atom is -0.459 e. The van der Waals surface area contributed by atoms with Crippen LogP contribution in [0.3, 0.4) is 0 Å². The van der Waals surface area contributed by atoms with Crippen LogP contribution < -0.4 is 5.32 Å². The minimum absolute atomic E-state index is 0.115. The summed E-state index contributed by atoms with van der Waals surface area (Å²) >= 11 is 0. The molecule has 0 aliphatic carbocycles. The number of ketones is 1. The highest BCUT2D eigenvalue weighted by Gasteiger charge is 2.52. The molecule has 0 aromatic heterocycles. The van der Waals surface area contributed by atoms with Gasteiger partial charge in [-0.1, -0.05) is 20.8 Å². The fourth-order valence-corrected chi connectivity index (χ4v) is 7.55. The van der Waals surface area contributed by atoms with E-state index in [4.69, 9.17) is 33.2 Å². The number of likely N-dealkylation sites (N-methyl/N-ethyl adjacent to an activating group) is 1. The number of aliphatic hydroxyl groups is 4. The largest absolute Gasteiger partial charge is 0.459 e. The molecule has 17 atom stereocenters. The second-order valence-corrected chi connectivity index (χ2v) is 15.1. The van der Waals surface area contributed by atoms with Gasteiger partial charge in [0.1, 0.15) is 29.5 Å². The molecule has 0 aromatic carbocycles. The Hall–Kier alpha value is -1.56. The first-order valence-electron chi connectivity index (χ1n) is 17.8. The molecule has 3 heterocycles. The number of nitrogens with one attached hydrogen (secondary N) is 1. The lowest BCUT2D eigenvalue weighted by molar-refractivity contribution is -0.313. The van der Waals surface area contributed by atoms with Gasteiger partial charge in [0.05, 0.1) is 42.0 Å². The lowest BCUT2D eigenvalue weighted by Crippen LogP contribution is -2.60. The van der Waals surface area contributed by atoms with Crippen molar-refractivity contribution in [2.45, 2.75) is 166 Å².